The predicted octanol–water partition coefficient (Wildman–Crippen LogP) is 0.790. The molecule has 0 atom stereocenters. The Morgan fingerprint density at radius 1 is 1.07 bits per heavy atom. The summed E-state index contributed by atoms with van der Waals surface area (Å²) in [7, 11) is 0. The highest BCUT2D eigenvalue weighted by molar-refractivity contribution is 6.39. The second kappa shape index (κ2) is 7.75. The highest BCUT2D eigenvalue weighted by Gasteiger charge is 2.36. The molecule has 0 saturated carbocycles. The van der Waals surface area contributed by atoms with E-state index in [4.69, 9.17) is 4.74 Å². The molecule has 1 heterocycles. The van der Waals surface area contributed by atoms with Crippen molar-refractivity contribution in [1.82, 2.24) is 5.32 Å². The van der Waals surface area contributed by atoms with Gasteiger partial charge in [-0.3, -0.25) is 14.9 Å². The van der Waals surface area contributed by atoms with Crippen molar-refractivity contribution in [3.05, 3.63) is 65.2 Å². The second-order valence-corrected chi connectivity index (χ2v) is 6.02. The number of aliphatic carboxylic acids is 1. The van der Waals surface area contributed by atoms with Gasteiger partial charge < -0.3 is 14.6 Å². The average molecular weight is 379 g/mol. The zero-order valence-electron chi connectivity index (χ0n) is 14.8. The third-order valence-electron chi connectivity index (χ3n) is 3.94. The molecule has 0 spiro atoms. The van der Waals surface area contributed by atoms with Gasteiger partial charge in [-0.05, 0) is 42.8 Å². The van der Waals surface area contributed by atoms with E-state index in [0.717, 1.165) is 10.5 Å². The topological polar surface area (TPSA) is 116 Å². The predicted molar refractivity (Wildman–Crippen MR) is 97.1 cm³/mol. The van der Waals surface area contributed by atoms with Gasteiger partial charge in [-0.25, -0.2) is 9.69 Å². The maximum absolute atomic E-state index is 12.8. The molecule has 0 aromatic heterocycles. The van der Waals surface area contributed by atoms with Crippen LogP contribution in [0.5, 0.6) is 5.75 Å². The van der Waals surface area contributed by atoms with Crippen molar-refractivity contribution in [1.29, 1.82) is 0 Å². The van der Waals surface area contributed by atoms with Crippen molar-refractivity contribution < 1.29 is 29.0 Å². The van der Waals surface area contributed by atoms with Crippen LogP contribution in [0.4, 0.5) is 10.5 Å². The van der Waals surface area contributed by atoms with E-state index < -0.39 is 30.4 Å². The van der Waals surface area contributed by atoms with E-state index in [1.807, 2.05) is 6.92 Å². The maximum Gasteiger partial charge on any atom is 0.335 e. The molecule has 0 radical (unpaired) electrons. The summed E-state index contributed by atoms with van der Waals surface area (Å²) in [5.41, 5.74) is 1.60. The van der Waals surface area contributed by atoms with E-state index >= 15 is 0 Å². The molecule has 142 valence electrons. The van der Waals surface area contributed by atoms with Gasteiger partial charge in [0.05, 0.1) is 11.7 Å². The van der Waals surface area contributed by atoms with Crippen molar-refractivity contribution in [3.8, 4) is 5.75 Å². The number of imide groups is 2. The smallest absolute Gasteiger partial charge is 0.335 e. The number of carboxylic acid groups (broad SMARTS) is 1. The number of nitrogens with zero attached hydrogens (tertiary/aromatic N) is 1. The average Bonchev–Trinajstić information content (AvgIpc) is 2.66. The lowest BCUT2D eigenvalue weighted by Gasteiger charge is -2.26. The summed E-state index contributed by atoms with van der Waals surface area (Å²) in [5, 5.41) is 12.6. The van der Waals surface area contributed by atoms with Crippen molar-refractivity contribution >= 4 is 35.6 Å². The van der Waals surface area contributed by atoms with Gasteiger partial charge in [0, 0.05) is 0 Å². The molecule has 1 aliphatic rings. The van der Waals surface area contributed by atoms with Crippen LogP contribution in [-0.2, 0) is 14.4 Å². The molecular weight excluding hydrogens is 364 g/mol. The Kier molecular flexibility index (Phi) is 5.21. The highest BCUT2D eigenvalue weighted by atomic mass is 16.5. The first-order valence-electron chi connectivity index (χ1n) is 8.26. The van der Waals surface area contributed by atoms with Gasteiger partial charge in [-0.15, -0.1) is 0 Å². The summed E-state index contributed by atoms with van der Waals surface area (Å²) in [6.45, 7) is 1.28. The molecule has 2 aromatic carbocycles. The molecule has 1 saturated heterocycles. The number of nitrogens with one attached hydrogen (secondary N) is 1. The van der Waals surface area contributed by atoms with Crippen LogP contribution < -0.4 is 20.1 Å². The summed E-state index contributed by atoms with van der Waals surface area (Å²) < 4.78 is 4.97. The number of hydrogen-bond acceptors (Lipinski definition) is 6. The molecule has 8 heteroatoms. The molecule has 4 amide bonds. The molecule has 28 heavy (non-hydrogen) atoms. The van der Waals surface area contributed by atoms with Crippen LogP contribution in [-0.4, -0.2) is 30.4 Å². The number of carbonyl (C=O) groups is 4. The maximum atomic E-state index is 12.8. The Labute approximate surface area is 160 Å². The Hall–Kier alpha value is -3.94. The van der Waals surface area contributed by atoms with Crippen molar-refractivity contribution in [2.24, 2.45) is 0 Å². The summed E-state index contributed by atoms with van der Waals surface area (Å²) >= 11 is 0. The summed E-state index contributed by atoms with van der Waals surface area (Å²) in [5.74, 6) is -2.59. The number of amides is 4. The second-order valence-electron chi connectivity index (χ2n) is 6.02. The first-order chi connectivity index (χ1) is 13.3. The monoisotopic (exact) mass is 379 g/mol. The van der Waals surface area contributed by atoms with E-state index in [9.17, 15) is 24.3 Å². The fourth-order valence-corrected chi connectivity index (χ4v) is 2.55. The number of ether oxygens (including phenoxy) is 1. The van der Waals surface area contributed by atoms with Crippen LogP contribution in [0.15, 0.2) is 54.1 Å². The summed E-state index contributed by atoms with van der Waals surface area (Å²) in [6.07, 6.45) is 1.34. The lowest BCUT2D eigenvalue weighted by Crippen LogP contribution is -2.54. The van der Waals surface area contributed by atoms with Gasteiger partial charge >= 0.3 is 6.03 Å². The zero-order chi connectivity index (χ0) is 20.3. The minimum atomic E-state index is -1.35. The van der Waals surface area contributed by atoms with Crippen LogP contribution >= 0.6 is 0 Å². The number of rotatable bonds is 5. The first kappa shape index (κ1) is 18.8. The normalized spacial score (nSPS) is 15.5. The quantitative estimate of drug-likeness (QED) is 0.607. The Morgan fingerprint density at radius 2 is 1.71 bits per heavy atom. The standard InChI is InChI=1S/C20H16N2O6/c1-12-2-6-14(7-3-12)22-19(26)16(18(25)21-20(22)27)10-13-4-8-15(9-5-13)28-11-17(23)24/h2-10H,11H2,1H3,(H,23,24)(H,21,25,27)/p-1/b16-10+. The van der Waals surface area contributed by atoms with E-state index in [-0.39, 0.29) is 5.57 Å². The Morgan fingerprint density at radius 3 is 2.32 bits per heavy atom. The summed E-state index contributed by atoms with van der Waals surface area (Å²) in [4.78, 5) is 48.4. The molecule has 1 aliphatic heterocycles. The molecule has 1 fully saturated rings. The number of urea groups is 1. The Balaban J connectivity index is 1.86. The molecule has 3 rings (SSSR count). The van der Waals surface area contributed by atoms with E-state index in [1.165, 1.54) is 18.2 Å². The van der Waals surface area contributed by atoms with Crippen LogP contribution in [0.1, 0.15) is 11.1 Å². The zero-order valence-corrected chi connectivity index (χ0v) is 14.8. The van der Waals surface area contributed by atoms with Gasteiger partial charge in [-0.2, -0.15) is 0 Å². The third-order valence-corrected chi connectivity index (χ3v) is 3.94. The number of carboxylic acids is 1. The minimum Gasteiger partial charge on any atom is -0.546 e. The van der Waals surface area contributed by atoms with Crippen LogP contribution in [0.3, 0.4) is 0 Å². The van der Waals surface area contributed by atoms with Crippen LogP contribution in [0.2, 0.25) is 0 Å². The minimum absolute atomic E-state index is 0.205. The highest BCUT2D eigenvalue weighted by Crippen LogP contribution is 2.23. The fourth-order valence-electron chi connectivity index (χ4n) is 2.55. The van der Waals surface area contributed by atoms with Gasteiger partial charge in [0.2, 0.25) is 0 Å². The Bertz CT molecular complexity index is 977. The molecule has 0 bridgehead atoms. The SMILES string of the molecule is Cc1ccc(N2C(=O)NC(=O)/C(=C\c3ccc(OCC(=O)[O-])cc3)C2=O)cc1. The number of hydrogen-bond donors (Lipinski definition) is 1. The number of benzene rings is 2. The lowest BCUT2D eigenvalue weighted by atomic mass is 10.1. The molecular formula is C20H15N2O6-. The first-order valence-corrected chi connectivity index (χ1v) is 8.26. The molecule has 1 N–H and O–H groups in total. The van der Waals surface area contributed by atoms with Crippen LogP contribution in [0, 0.1) is 6.92 Å². The number of carbonyl (C=O) groups excluding carboxylic acids is 4. The molecule has 0 unspecified atom stereocenters. The molecule has 8 nitrogen and oxygen atoms in total. The van der Waals surface area contributed by atoms with E-state index in [1.54, 1.807) is 36.4 Å². The number of anilines is 1. The van der Waals surface area contributed by atoms with E-state index in [0.29, 0.717) is 17.0 Å². The van der Waals surface area contributed by atoms with Gasteiger partial charge in [0.15, 0.2) is 0 Å². The summed E-state index contributed by atoms with van der Waals surface area (Å²) in [6, 6.07) is 12.0. The van der Waals surface area contributed by atoms with Crippen molar-refractivity contribution in [2.75, 3.05) is 11.5 Å². The van der Waals surface area contributed by atoms with E-state index in [2.05, 4.69) is 5.32 Å². The lowest BCUT2D eigenvalue weighted by molar-refractivity contribution is -0.307. The van der Waals surface area contributed by atoms with Gasteiger partial charge in [-0.1, -0.05) is 29.8 Å². The van der Waals surface area contributed by atoms with Crippen molar-refractivity contribution in [2.45, 2.75) is 6.92 Å². The van der Waals surface area contributed by atoms with Crippen LogP contribution in [0.25, 0.3) is 6.08 Å². The third kappa shape index (κ3) is 4.07. The number of barbiturate groups is 1. The largest absolute Gasteiger partial charge is 0.546 e. The molecule has 0 aliphatic carbocycles. The van der Waals surface area contributed by atoms with Crippen molar-refractivity contribution in [3.63, 3.8) is 0 Å². The van der Waals surface area contributed by atoms with Gasteiger partial charge in [0.1, 0.15) is 17.9 Å². The fraction of sp³-hybridized carbons (Fsp3) is 0.100. The number of aryl methyl sites for hydroxylation is 1. The molecule has 2 aromatic rings. The van der Waals surface area contributed by atoms with Gasteiger partial charge in [0.25, 0.3) is 11.8 Å².